The van der Waals surface area contributed by atoms with E-state index < -0.39 is 0 Å². The minimum atomic E-state index is 0.663. The number of aryl methyl sites for hydroxylation is 1. The first-order chi connectivity index (χ1) is 12.3. The Morgan fingerprint density at radius 2 is 1.80 bits per heavy atom. The Morgan fingerprint density at radius 1 is 0.960 bits per heavy atom. The lowest BCUT2D eigenvalue weighted by Gasteiger charge is -2.34. The molecule has 0 unspecified atom stereocenters. The van der Waals surface area contributed by atoms with Gasteiger partial charge in [0.05, 0.1) is 12.2 Å². The number of piperazine rings is 1. The maximum absolute atomic E-state index is 5.21. The second kappa shape index (κ2) is 6.98. The van der Waals surface area contributed by atoms with E-state index in [1.54, 1.807) is 0 Å². The maximum Gasteiger partial charge on any atom is 0.230 e. The van der Waals surface area contributed by atoms with Crippen molar-refractivity contribution in [3.05, 3.63) is 54.2 Å². The summed E-state index contributed by atoms with van der Waals surface area (Å²) >= 11 is 0. The van der Waals surface area contributed by atoms with Gasteiger partial charge in [0.25, 0.3) is 0 Å². The molecule has 0 bridgehead atoms. The van der Waals surface area contributed by atoms with Gasteiger partial charge in [0.1, 0.15) is 0 Å². The third-order valence-corrected chi connectivity index (χ3v) is 4.53. The summed E-state index contributed by atoms with van der Waals surface area (Å²) in [6.07, 6.45) is 1.37. The van der Waals surface area contributed by atoms with Gasteiger partial charge in [-0.25, -0.2) is 0 Å². The first-order valence-corrected chi connectivity index (χ1v) is 8.42. The Kier molecular flexibility index (Phi) is 4.39. The maximum atomic E-state index is 5.21. The van der Waals surface area contributed by atoms with Crippen molar-refractivity contribution in [1.29, 1.82) is 0 Å². The molecule has 4 rings (SSSR count). The van der Waals surface area contributed by atoms with Gasteiger partial charge in [-0.3, -0.25) is 4.90 Å². The van der Waals surface area contributed by atoms with Crippen molar-refractivity contribution in [2.45, 2.75) is 13.5 Å². The fourth-order valence-corrected chi connectivity index (χ4v) is 3.09. The van der Waals surface area contributed by atoms with E-state index in [2.05, 4.69) is 61.4 Å². The van der Waals surface area contributed by atoms with E-state index in [9.17, 15) is 0 Å². The van der Waals surface area contributed by atoms with Gasteiger partial charge >= 0.3 is 0 Å². The molecule has 7 nitrogen and oxygen atoms in total. The predicted molar refractivity (Wildman–Crippen MR) is 94.0 cm³/mol. The average Bonchev–Trinajstić information content (AvgIpc) is 3.16. The Labute approximate surface area is 146 Å². The highest BCUT2D eigenvalue weighted by atomic mass is 16.4. The van der Waals surface area contributed by atoms with Crippen molar-refractivity contribution in [3.8, 4) is 11.3 Å². The fraction of sp³-hybridized carbons (Fsp3) is 0.333. The topological polar surface area (TPSA) is 71.2 Å². The molecule has 1 saturated heterocycles. The molecular formula is C18H20N6O. The van der Waals surface area contributed by atoms with E-state index >= 15 is 0 Å². The monoisotopic (exact) mass is 336 g/mol. The molecule has 1 aliphatic rings. The normalized spacial score (nSPS) is 15.5. The number of anilines is 1. The number of hydrogen-bond donors (Lipinski definition) is 0. The quantitative estimate of drug-likeness (QED) is 0.723. The molecule has 0 N–H and O–H groups in total. The highest BCUT2D eigenvalue weighted by Crippen LogP contribution is 2.22. The molecule has 1 aromatic carbocycles. The van der Waals surface area contributed by atoms with E-state index in [0.29, 0.717) is 12.4 Å². The molecule has 1 fully saturated rings. The van der Waals surface area contributed by atoms with Crippen LogP contribution in [-0.2, 0) is 6.54 Å². The first-order valence-electron chi connectivity index (χ1n) is 8.42. The van der Waals surface area contributed by atoms with E-state index in [4.69, 9.17) is 4.42 Å². The van der Waals surface area contributed by atoms with Crippen molar-refractivity contribution >= 4 is 5.82 Å². The van der Waals surface area contributed by atoms with Crippen LogP contribution in [0.5, 0.6) is 0 Å². The third-order valence-electron chi connectivity index (χ3n) is 4.53. The van der Waals surface area contributed by atoms with Gasteiger partial charge in [-0.15, -0.1) is 20.4 Å². The van der Waals surface area contributed by atoms with Crippen molar-refractivity contribution in [3.63, 3.8) is 0 Å². The molecule has 3 aromatic rings. The second-order valence-corrected chi connectivity index (χ2v) is 6.19. The molecular weight excluding hydrogens is 316 g/mol. The van der Waals surface area contributed by atoms with E-state index in [1.807, 2.05) is 12.1 Å². The Balaban J connectivity index is 1.39. The lowest BCUT2D eigenvalue weighted by molar-refractivity contribution is 0.225. The van der Waals surface area contributed by atoms with Crippen LogP contribution in [0.25, 0.3) is 11.3 Å². The van der Waals surface area contributed by atoms with Gasteiger partial charge in [0, 0.05) is 31.7 Å². The predicted octanol–water partition coefficient (Wildman–Crippen LogP) is 2.16. The van der Waals surface area contributed by atoms with Crippen LogP contribution < -0.4 is 4.90 Å². The minimum absolute atomic E-state index is 0.663. The third kappa shape index (κ3) is 3.51. The summed E-state index contributed by atoms with van der Waals surface area (Å²) < 4.78 is 5.21. The van der Waals surface area contributed by atoms with Crippen LogP contribution in [0, 0.1) is 6.92 Å². The smallest absolute Gasteiger partial charge is 0.230 e. The Hall–Kier alpha value is -2.80. The van der Waals surface area contributed by atoms with Crippen molar-refractivity contribution in [2.75, 3.05) is 31.1 Å². The van der Waals surface area contributed by atoms with Crippen LogP contribution in [0.2, 0.25) is 0 Å². The van der Waals surface area contributed by atoms with Crippen LogP contribution in [-0.4, -0.2) is 51.5 Å². The molecule has 1 aliphatic heterocycles. The molecule has 0 radical (unpaired) electrons. The number of aromatic nitrogens is 4. The lowest BCUT2D eigenvalue weighted by Crippen LogP contribution is -2.46. The van der Waals surface area contributed by atoms with Gasteiger partial charge in [-0.05, 0) is 24.6 Å². The minimum Gasteiger partial charge on any atom is -0.427 e. The highest BCUT2D eigenvalue weighted by molar-refractivity contribution is 5.63. The van der Waals surface area contributed by atoms with Gasteiger partial charge in [0.15, 0.2) is 5.82 Å². The average molecular weight is 336 g/mol. The first kappa shape index (κ1) is 15.7. The molecule has 0 atom stereocenters. The van der Waals surface area contributed by atoms with E-state index in [0.717, 1.165) is 43.3 Å². The zero-order valence-electron chi connectivity index (χ0n) is 14.2. The molecule has 128 valence electrons. The molecule has 0 spiro atoms. The largest absolute Gasteiger partial charge is 0.427 e. The summed E-state index contributed by atoms with van der Waals surface area (Å²) in [7, 11) is 0. The summed E-state index contributed by atoms with van der Waals surface area (Å²) in [6, 6.07) is 12.3. The number of hydrogen-bond acceptors (Lipinski definition) is 7. The summed E-state index contributed by atoms with van der Waals surface area (Å²) in [5.41, 5.74) is 3.25. The van der Waals surface area contributed by atoms with Crippen LogP contribution in [0.4, 0.5) is 5.82 Å². The number of nitrogens with zero attached hydrogens (tertiary/aromatic N) is 6. The van der Waals surface area contributed by atoms with Crippen LogP contribution >= 0.6 is 0 Å². The van der Waals surface area contributed by atoms with Gasteiger partial charge in [0.2, 0.25) is 12.3 Å². The second-order valence-electron chi connectivity index (χ2n) is 6.19. The molecule has 0 amide bonds. The van der Waals surface area contributed by atoms with Gasteiger partial charge < -0.3 is 9.32 Å². The van der Waals surface area contributed by atoms with E-state index in [-0.39, 0.29) is 0 Å². The Bertz CT molecular complexity index is 810. The van der Waals surface area contributed by atoms with Crippen molar-refractivity contribution < 1.29 is 4.42 Å². The molecule has 7 heteroatoms. The molecule has 0 aliphatic carbocycles. The fourth-order valence-electron chi connectivity index (χ4n) is 3.09. The number of benzene rings is 1. The van der Waals surface area contributed by atoms with E-state index in [1.165, 1.54) is 12.0 Å². The molecule has 0 saturated carbocycles. The summed E-state index contributed by atoms with van der Waals surface area (Å²) in [5, 5.41) is 16.5. The number of rotatable bonds is 4. The van der Waals surface area contributed by atoms with Gasteiger partial charge in [-0.2, -0.15) is 0 Å². The summed E-state index contributed by atoms with van der Waals surface area (Å²) in [6.45, 7) is 6.48. The van der Waals surface area contributed by atoms with Crippen molar-refractivity contribution in [1.82, 2.24) is 25.3 Å². The van der Waals surface area contributed by atoms with Crippen LogP contribution in [0.1, 0.15) is 11.5 Å². The zero-order valence-corrected chi connectivity index (χ0v) is 14.2. The lowest BCUT2D eigenvalue weighted by atomic mass is 10.1. The molecule has 2 aromatic heterocycles. The highest BCUT2D eigenvalue weighted by Gasteiger charge is 2.19. The molecule has 25 heavy (non-hydrogen) atoms. The van der Waals surface area contributed by atoms with Gasteiger partial charge in [-0.1, -0.05) is 24.3 Å². The standard InChI is InChI=1S/C18H20N6O/c1-14-4-2-3-5-15(14)16-6-7-17(21-20-16)24-10-8-23(9-11-24)12-18-22-19-13-25-18/h2-7,13H,8-12H2,1H3. The SMILES string of the molecule is Cc1ccccc1-c1ccc(N2CCN(Cc3nnco3)CC2)nn1. The summed E-state index contributed by atoms with van der Waals surface area (Å²) in [5.74, 6) is 1.59. The van der Waals surface area contributed by atoms with Crippen LogP contribution in [0.15, 0.2) is 47.2 Å². The zero-order chi connectivity index (χ0) is 17.1. The van der Waals surface area contributed by atoms with Crippen LogP contribution in [0.3, 0.4) is 0 Å². The van der Waals surface area contributed by atoms with Crippen molar-refractivity contribution in [2.24, 2.45) is 0 Å². The summed E-state index contributed by atoms with van der Waals surface area (Å²) in [4.78, 5) is 4.57. The molecule has 3 heterocycles. The Morgan fingerprint density at radius 3 is 2.48 bits per heavy atom.